The fraction of sp³-hybridized carbons (Fsp3) is 0.467. The number of rotatable bonds is 1. The van der Waals surface area contributed by atoms with Crippen LogP contribution in [0.25, 0.3) is 10.9 Å². The predicted octanol–water partition coefficient (Wildman–Crippen LogP) is 1.27. The summed E-state index contributed by atoms with van der Waals surface area (Å²) in [7, 11) is 0. The van der Waals surface area contributed by atoms with E-state index in [0.717, 1.165) is 31.4 Å². The Morgan fingerprint density at radius 1 is 1.14 bits per heavy atom. The first-order chi connectivity index (χ1) is 10.3. The van der Waals surface area contributed by atoms with Gasteiger partial charge < -0.3 is 14.4 Å². The van der Waals surface area contributed by atoms with E-state index < -0.39 is 5.79 Å². The van der Waals surface area contributed by atoms with Gasteiger partial charge in [-0.2, -0.15) is 0 Å². The highest BCUT2D eigenvalue weighted by molar-refractivity contribution is 5.78. The Morgan fingerprint density at radius 2 is 1.86 bits per heavy atom. The van der Waals surface area contributed by atoms with Crippen LogP contribution < -0.4 is 10.5 Å². The van der Waals surface area contributed by atoms with Crippen molar-refractivity contribution in [3.05, 3.63) is 34.6 Å². The van der Waals surface area contributed by atoms with E-state index >= 15 is 0 Å². The van der Waals surface area contributed by atoms with Gasteiger partial charge in [0, 0.05) is 25.9 Å². The number of aromatic nitrogens is 2. The molecular weight excluding hydrogens is 270 g/mol. The van der Waals surface area contributed by atoms with Gasteiger partial charge in [0.05, 0.1) is 24.1 Å². The van der Waals surface area contributed by atoms with Crippen LogP contribution in [-0.2, 0) is 9.47 Å². The van der Waals surface area contributed by atoms with E-state index in [0.29, 0.717) is 24.5 Å². The summed E-state index contributed by atoms with van der Waals surface area (Å²) in [5, 5.41) is 0.622. The van der Waals surface area contributed by atoms with Gasteiger partial charge in [-0.15, -0.1) is 0 Å². The van der Waals surface area contributed by atoms with Crippen molar-refractivity contribution < 1.29 is 9.47 Å². The Balaban J connectivity index is 1.61. The van der Waals surface area contributed by atoms with Crippen molar-refractivity contribution in [2.24, 2.45) is 0 Å². The van der Waals surface area contributed by atoms with Crippen LogP contribution in [0.3, 0.4) is 0 Å². The highest BCUT2D eigenvalue weighted by Crippen LogP contribution is 2.32. The molecular formula is C15H17N3O3. The Hall–Kier alpha value is -1.92. The Morgan fingerprint density at radius 3 is 2.62 bits per heavy atom. The standard InChI is InChI=1S/C15H17N3O3/c19-13-11-3-1-2-4-12(11)16-14(17-13)18-7-5-15(6-8-18)20-9-10-21-15/h1-4H,5-10H2,(H,16,17,19). The summed E-state index contributed by atoms with van der Waals surface area (Å²) < 4.78 is 11.4. The van der Waals surface area contributed by atoms with E-state index in [4.69, 9.17) is 9.47 Å². The summed E-state index contributed by atoms with van der Waals surface area (Å²) in [5.41, 5.74) is 0.633. The Kier molecular flexibility index (Phi) is 2.94. The summed E-state index contributed by atoms with van der Waals surface area (Å²) in [5.74, 6) is 0.222. The van der Waals surface area contributed by atoms with Crippen molar-refractivity contribution in [3.8, 4) is 0 Å². The van der Waals surface area contributed by atoms with Crippen molar-refractivity contribution in [1.82, 2.24) is 9.97 Å². The third-order valence-electron chi connectivity index (χ3n) is 4.24. The van der Waals surface area contributed by atoms with Crippen LogP contribution in [0, 0.1) is 0 Å². The van der Waals surface area contributed by atoms with Crippen molar-refractivity contribution in [2.45, 2.75) is 18.6 Å². The number of aromatic amines is 1. The minimum Gasteiger partial charge on any atom is -0.347 e. The molecule has 0 atom stereocenters. The van der Waals surface area contributed by atoms with Crippen LogP contribution in [0.2, 0.25) is 0 Å². The zero-order valence-electron chi connectivity index (χ0n) is 11.7. The largest absolute Gasteiger partial charge is 0.347 e. The fourth-order valence-electron chi connectivity index (χ4n) is 3.07. The number of ether oxygens (including phenoxy) is 2. The predicted molar refractivity (Wildman–Crippen MR) is 78.4 cm³/mol. The van der Waals surface area contributed by atoms with Gasteiger partial charge >= 0.3 is 0 Å². The number of nitrogens with one attached hydrogen (secondary N) is 1. The van der Waals surface area contributed by atoms with Gasteiger partial charge in [-0.1, -0.05) is 12.1 Å². The van der Waals surface area contributed by atoms with Gasteiger partial charge in [-0.3, -0.25) is 9.78 Å². The molecule has 0 amide bonds. The lowest BCUT2D eigenvalue weighted by Gasteiger charge is -2.37. The molecule has 0 radical (unpaired) electrons. The van der Waals surface area contributed by atoms with E-state index in [1.54, 1.807) is 6.07 Å². The number of para-hydroxylation sites is 1. The molecule has 3 heterocycles. The maximum atomic E-state index is 12.1. The second-order valence-corrected chi connectivity index (χ2v) is 5.50. The van der Waals surface area contributed by atoms with Crippen LogP contribution in [0.4, 0.5) is 5.95 Å². The van der Waals surface area contributed by atoms with Crippen LogP contribution >= 0.6 is 0 Å². The third kappa shape index (κ3) is 2.20. The number of fused-ring (bicyclic) bond motifs is 1. The zero-order valence-corrected chi connectivity index (χ0v) is 11.7. The highest BCUT2D eigenvalue weighted by Gasteiger charge is 2.40. The maximum Gasteiger partial charge on any atom is 0.260 e. The summed E-state index contributed by atoms with van der Waals surface area (Å²) in [6.07, 6.45) is 1.59. The lowest BCUT2D eigenvalue weighted by Crippen LogP contribution is -2.46. The number of benzene rings is 1. The molecule has 2 aliphatic heterocycles. The molecule has 110 valence electrons. The molecule has 6 heteroatoms. The lowest BCUT2D eigenvalue weighted by atomic mass is 10.0. The molecule has 2 saturated heterocycles. The van der Waals surface area contributed by atoms with Crippen molar-refractivity contribution in [1.29, 1.82) is 0 Å². The molecule has 0 saturated carbocycles. The number of hydrogen-bond acceptors (Lipinski definition) is 5. The van der Waals surface area contributed by atoms with Crippen LogP contribution in [0.15, 0.2) is 29.1 Å². The minimum absolute atomic E-state index is 0.0933. The molecule has 0 bridgehead atoms. The first kappa shape index (κ1) is 12.8. The minimum atomic E-state index is -0.409. The molecule has 2 fully saturated rings. The molecule has 1 aromatic carbocycles. The van der Waals surface area contributed by atoms with E-state index in [2.05, 4.69) is 14.9 Å². The van der Waals surface area contributed by atoms with Gasteiger partial charge in [0.2, 0.25) is 5.95 Å². The van der Waals surface area contributed by atoms with Gasteiger partial charge in [0.1, 0.15) is 0 Å². The average Bonchev–Trinajstić information content (AvgIpc) is 2.96. The third-order valence-corrected chi connectivity index (χ3v) is 4.24. The smallest absolute Gasteiger partial charge is 0.260 e. The number of hydrogen-bond donors (Lipinski definition) is 1. The normalized spacial score (nSPS) is 21.2. The van der Waals surface area contributed by atoms with Crippen LogP contribution in [0.5, 0.6) is 0 Å². The molecule has 1 spiro atoms. The molecule has 0 unspecified atom stereocenters. The topological polar surface area (TPSA) is 67.5 Å². The van der Waals surface area contributed by atoms with Crippen LogP contribution in [-0.4, -0.2) is 42.1 Å². The fourth-order valence-corrected chi connectivity index (χ4v) is 3.07. The Labute approximate surface area is 121 Å². The molecule has 4 rings (SSSR count). The van der Waals surface area contributed by atoms with E-state index in [1.807, 2.05) is 18.2 Å². The quantitative estimate of drug-likeness (QED) is 0.855. The molecule has 1 N–H and O–H groups in total. The van der Waals surface area contributed by atoms with Gasteiger partial charge in [-0.05, 0) is 12.1 Å². The summed E-state index contributed by atoms with van der Waals surface area (Å²) in [6.45, 7) is 2.87. The molecule has 1 aromatic heterocycles. The first-order valence-corrected chi connectivity index (χ1v) is 7.28. The monoisotopic (exact) mass is 287 g/mol. The highest BCUT2D eigenvalue weighted by atomic mass is 16.7. The number of anilines is 1. The van der Waals surface area contributed by atoms with Gasteiger partial charge in [0.25, 0.3) is 5.56 Å². The number of nitrogens with zero attached hydrogens (tertiary/aromatic N) is 2. The van der Waals surface area contributed by atoms with Crippen LogP contribution in [0.1, 0.15) is 12.8 Å². The Bertz CT molecular complexity index is 711. The van der Waals surface area contributed by atoms with Gasteiger partial charge in [-0.25, -0.2) is 4.98 Å². The molecule has 2 aromatic rings. The second-order valence-electron chi connectivity index (χ2n) is 5.50. The number of H-pyrrole nitrogens is 1. The zero-order chi connectivity index (χ0) is 14.3. The maximum absolute atomic E-state index is 12.1. The molecule has 2 aliphatic rings. The second kappa shape index (κ2) is 4.82. The van der Waals surface area contributed by atoms with Crippen molar-refractivity contribution in [3.63, 3.8) is 0 Å². The first-order valence-electron chi connectivity index (χ1n) is 7.28. The van der Waals surface area contributed by atoms with Crippen molar-refractivity contribution in [2.75, 3.05) is 31.2 Å². The summed E-state index contributed by atoms with van der Waals surface area (Å²) >= 11 is 0. The van der Waals surface area contributed by atoms with Gasteiger partial charge in [0.15, 0.2) is 5.79 Å². The average molecular weight is 287 g/mol. The lowest BCUT2D eigenvalue weighted by molar-refractivity contribution is -0.169. The van der Waals surface area contributed by atoms with E-state index in [1.165, 1.54) is 0 Å². The SMILES string of the molecule is O=c1[nH]c(N2CCC3(CC2)OCCO3)nc2ccccc12. The van der Waals surface area contributed by atoms with Crippen molar-refractivity contribution >= 4 is 16.9 Å². The number of piperidine rings is 1. The molecule has 0 aliphatic carbocycles. The molecule has 21 heavy (non-hydrogen) atoms. The van der Waals surface area contributed by atoms with E-state index in [-0.39, 0.29) is 5.56 Å². The molecule has 6 nitrogen and oxygen atoms in total. The van der Waals surface area contributed by atoms with E-state index in [9.17, 15) is 4.79 Å². The summed E-state index contributed by atoms with van der Waals surface area (Å²) in [4.78, 5) is 21.6. The summed E-state index contributed by atoms with van der Waals surface area (Å²) in [6, 6.07) is 7.39.